The summed E-state index contributed by atoms with van der Waals surface area (Å²) < 4.78 is 0.972. The van der Waals surface area contributed by atoms with Gasteiger partial charge >= 0.3 is 0 Å². The number of aliphatic imine (C=N–C) groups is 1. The topological polar surface area (TPSA) is 24.4 Å². The average Bonchev–Trinajstić information content (AvgIpc) is 1.69. The molecule has 3 heteroatoms. The van der Waals surface area contributed by atoms with E-state index in [-0.39, 0.29) is 0 Å². The van der Waals surface area contributed by atoms with Crippen LogP contribution in [-0.4, -0.2) is 10.4 Å². The van der Waals surface area contributed by atoms with Crippen molar-refractivity contribution < 1.29 is 0 Å². The number of halogens is 1. The molecule has 7 heavy (non-hydrogen) atoms. The molecule has 38 valence electrons. The Morgan fingerprint density at radius 1 is 1.86 bits per heavy atom. The fraction of sp³-hybridized carbons (Fsp3) is 0.250. The first kappa shape index (κ1) is 5.08. The van der Waals surface area contributed by atoms with Gasteiger partial charge in [-0.05, 0) is 28.7 Å². The van der Waals surface area contributed by atoms with E-state index in [4.69, 9.17) is 0 Å². The third kappa shape index (κ3) is 1.46. The zero-order chi connectivity index (χ0) is 5.11. The van der Waals surface area contributed by atoms with Crippen molar-refractivity contribution in [3.63, 3.8) is 0 Å². The molecule has 0 aromatic heterocycles. The van der Waals surface area contributed by atoms with Crippen LogP contribution in [-0.2, 0) is 0 Å². The summed E-state index contributed by atoms with van der Waals surface area (Å²) in [5, 5.41) is 2.94. The van der Waals surface area contributed by atoms with Crippen molar-refractivity contribution in [2.45, 2.75) is 0 Å². The molecule has 0 aromatic rings. The third-order valence-electron chi connectivity index (χ3n) is 0.656. The Balaban J connectivity index is 2.50. The number of hydrogen-bond donors (Lipinski definition) is 1. The minimum atomic E-state index is 0.825. The highest BCUT2D eigenvalue weighted by Crippen LogP contribution is 1.91. The van der Waals surface area contributed by atoms with Gasteiger partial charge in [-0.15, -0.1) is 0 Å². The molecule has 1 heterocycles. The second kappa shape index (κ2) is 2.30. The minimum Gasteiger partial charge on any atom is -0.342 e. The monoisotopic (exact) mass is 208 g/mol. The van der Waals surface area contributed by atoms with Gasteiger partial charge in [0.15, 0.2) is 3.84 Å². The second-order valence-corrected chi connectivity index (χ2v) is 2.20. The standard InChI is InChI=1S/C4H5IN2/c5-4-6-2-1-3-7-4/h1-2H,3H2,(H,6,7). The van der Waals surface area contributed by atoms with Gasteiger partial charge in [0.25, 0.3) is 0 Å². The molecule has 0 fully saturated rings. The first-order valence-corrected chi connectivity index (χ1v) is 3.09. The van der Waals surface area contributed by atoms with E-state index in [1.165, 1.54) is 0 Å². The molecule has 0 aromatic carbocycles. The van der Waals surface area contributed by atoms with Crippen LogP contribution in [0.5, 0.6) is 0 Å². The highest BCUT2D eigenvalue weighted by Gasteiger charge is 1.88. The Bertz CT molecular complexity index is 117. The van der Waals surface area contributed by atoms with Gasteiger partial charge in [0, 0.05) is 6.20 Å². The Hall–Kier alpha value is -0.0600. The summed E-state index contributed by atoms with van der Waals surface area (Å²) in [5.74, 6) is 0. The SMILES string of the molecule is IC1=NCC=CN1. The van der Waals surface area contributed by atoms with Gasteiger partial charge in [0.2, 0.25) is 0 Å². The van der Waals surface area contributed by atoms with Gasteiger partial charge in [-0.1, -0.05) is 0 Å². The van der Waals surface area contributed by atoms with Crippen LogP contribution >= 0.6 is 22.6 Å². The number of nitrogens with zero attached hydrogens (tertiary/aromatic N) is 1. The molecule has 0 saturated heterocycles. The van der Waals surface area contributed by atoms with Gasteiger partial charge in [-0.25, -0.2) is 0 Å². The summed E-state index contributed by atoms with van der Waals surface area (Å²) in [6.45, 7) is 0.825. The van der Waals surface area contributed by atoms with Gasteiger partial charge in [0.1, 0.15) is 0 Å². The van der Waals surface area contributed by atoms with Crippen molar-refractivity contribution in [2.24, 2.45) is 4.99 Å². The molecule has 0 amide bonds. The summed E-state index contributed by atoms with van der Waals surface area (Å²) in [6, 6.07) is 0. The number of nitrogens with one attached hydrogen (secondary N) is 1. The summed E-state index contributed by atoms with van der Waals surface area (Å²) in [5.41, 5.74) is 0. The maximum atomic E-state index is 4.04. The summed E-state index contributed by atoms with van der Waals surface area (Å²) in [4.78, 5) is 4.04. The van der Waals surface area contributed by atoms with E-state index >= 15 is 0 Å². The van der Waals surface area contributed by atoms with Crippen LogP contribution in [0.3, 0.4) is 0 Å². The summed E-state index contributed by atoms with van der Waals surface area (Å²) in [7, 11) is 0. The predicted molar refractivity (Wildman–Crippen MR) is 38.6 cm³/mol. The fourth-order valence-corrected chi connectivity index (χ4v) is 0.736. The lowest BCUT2D eigenvalue weighted by atomic mass is 10.6. The largest absolute Gasteiger partial charge is 0.342 e. The smallest absolute Gasteiger partial charge is 0.164 e. The molecule has 0 unspecified atom stereocenters. The third-order valence-corrected chi connectivity index (χ3v) is 1.31. The molecule has 0 saturated carbocycles. The van der Waals surface area contributed by atoms with E-state index in [2.05, 4.69) is 32.9 Å². The van der Waals surface area contributed by atoms with Crippen LogP contribution in [0.15, 0.2) is 17.3 Å². The van der Waals surface area contributed by atoms with E-state index in [9.17, 15) is 0 Å². The van der Waals surface area contributed by atoms with Crippen molar-refractivity contribution in [2.75, 3.05) is 6.54 Å². The molecule has 1 aliphatic heterocycles. The Morgan fingerprint density at radius 3 is 3.00 bits per heavy atom. The molecule has 0 bridgehead atoms. The van der Waals surface area contributed by atoms with Crippen LogP contribution in [0.2, 0.25) is 0 Å². The Labute approximate surface area is 55.8 Å². The normalized spacial score (nSPS) is 18.1. The van der Waals surface area contributed by atoms with E-state index < -0.39 is 0 Å². The number of rotatable bonds is 0. The number of hydrogen-bond acceptors (Lipinski definition) is 2. The van der Waals surface area contributed by atoms with Crippen molar-refractivity contribution in [3.05, 3.63) is 12.3 Å². The molecule has 1 rings (SSSR count). The number of amidine groups is 1. The molecule has 1 N–H and O–H groups in total. The molecular weight excluding hydrogens is 203 g/mol. The van der Waals surface area contributed by atoms with Crippen molar-refractivity contribution in [1.82, 2.24) is 5.32 Å². The van der Waals surface area contributed by atoms with Crippen LogP contribution < -0.4 is 5.32 Å². The molecular formula is C4H5IN2. The molecule has 0 aliphatic carbocycles. The zero-order valence-electron chi connectivity index (χ0n) is 3.69. The maximum absolute atomic E-state index is 4.04. The van der Waals surface area contributed by atoms with Crippen LogP contribution in [0.25, 0.3) is 0 Å². The quantitative estimate of drug-likeness (QED) is 0.464. The van der Waals surface area contributed by atoms with Crippen LogP contribution in [0.1, 0.15) is 0 Å². The molecule has 2 nitrogen and oxygen atoms in total. The minimum absolute atomic E-state index is 0.825. The average molecular weight is 208 g/mol. The second-order valence-electron chi connectivity index (χ2n) is 1.18. The predicted octanol–water partition coefficient (Wildman–Crippen LogP) is 0.894. The molecule has 0 spiro atoms. The summed E-state index contributed by atoms with van der Waals surface area (Å²) in [6.07, 6.45) is 3.87. The lowest BCUT2D eigenvalue weighted by Gasteiger charge is -1.99. The molecule has 1 aliphatic rings. The molecule has 0 radical (unpaired) electrons. The zero-order valence-corrected chi connectivity index (χ0v) is 5.84. The van der Waals surface area contributed by atoms with Gasteiger partial charge in [0.05, 0.1) is 6.54 Å². The lowest BCUT2D eigenvalue weighted by Crippen LogP contribution is -2.12. The lowest BCUT2D eigenvalue weighted by molar-refractivity contribution is 1.13. The Morgan fingerprint density at radius 2 is 2.71 bits per heavy atom. The van der Waals surface area contributed by atoms with E-state index in [1.54, 1.807) is 0 Å². The first-order chi connectivity index (χ1) is 3.39. The van der Waals surface area contributed by atoms with Crippen LogP contribution in [0, 0.1) is 0 Å². The highest BCUT2D eigenvalue weighted by atomic mass is 127. The van der Waals surface area contributed by atoms with Gasteiger partial charge < -0.3 is 5.32 Å². The van der Waals surface area contributed by atoms with E-state index in [0.29, 0.717) is 0 Å². The van der Waals surface area contributed by atoms with Gasteiger partial charge in [-0.2, -0.15) is 0 Å². The van der Waals surface area contributed by atoms with Crippen molar-refractivity contribution in [1.29, 1.82) is 0 Å². The molecule has 0 atom stereocenters. The summed E-state index contributed by atoms with van der Waals surface area (Å²) >= 11 is 2.14. The van der Waals surface area contributed by atoms with Crippen molar-refractivity contribution in [3.8, 4) is 0 Å². The van der Waals surface area contributed by atoms with Crippen LogP contribution in [0.4, 0.5) is 0 Å². The highest BCUT2D eigenvalue weighted by molar-refractivity contribution is 14.1. The fourth-order valence-electron chi connectivity index (χ4n) is 0.359. The van der Waals surface area contributed by atoms with Crippen molar-refractivity contribution >= 4 is 26.4 Å². The van der Waals surface area contributed by atoms with Gasteiger partial charge in [-0.3, -0.25) is 4.99 Å². The van der Waals surface area contributed by atoms with E-state index in [0.717, 1.165) is 10.4 Å². The first-order valence-electron chi connectivity index (χ1n) is 2.01. The van der Waals surface area contributed by atoms with E-state index in [1.807, 2.05) is 12.3 Å². The Kier molecular flexibility index (Phi) is 1.67. The maximum Gasteiger partial charge on any atom is 0.164 e.